The first-order chi connectivity index (χ1) is 15.0. The van der Waals surface area contributed by atoms with Gasteiger partial charge < -0.3 is 9.84 Å². The van der Waals surface area contributed by atoms with Crippen LogP contribution in [0.15, 0.2) is 47.4 Å². The fraction of sp³-hybridized carbons (Fsp3) is 0.500. The largest absolute Gasteiger partial charge is 0.497 e. The van der Waals surface area contributed by atoms with Crippen LogP contribution in [0.3, 0.4) is 0 Å². The Morgan fingerprint density at radius 2 is 1.88 bits per heavy atom. The van der Waals surface area contributed by atoms with Gasteiger partial charge in [-0.1, -0.05) is 44.9 Å². The Labute approximate surface area is 187 Å². The van der Waals surface area contributed by atoms with Gasteiger partial charge in [-0.25, -0.2) is 8.42 Å². The van der Waals surface area contributed by atoms with Gasteiger partial charge in [-0.15, -0.1) is 0 Å². The van der Waals surface area contributed by atoms with Gasteiger partial charge >= 0.3 is 6.18 Å². The molecule has 4 nitrogen and oxygen atoms in total. The lowest BCUT2D eigenvalue weighted by atomic mass is 9.69. The summed E-state index contributed by atoms with van der Waals surface area (Å²) in [6.07, 6.45) is -3.39. The van der Waals surface area contributed by atoms with Gasteiger partial charge in [-0.05, 0) is 48.2 Å². The van der Waals surface area contributed by atoms with Gasteiger partial charge in [-0.2, -0.15) is 13.2 Å². The van der Waals surface area contributed by atoms with Crippen LogP contribution in [0.25, 0.3) is 0 Å². The molecule has 0 spiro atoms. The van der Waals surface area contributed by atoms with Gasteiger partial charge in [-0.3, -0.25) is 0 Å². The summed E-state index contributed by atoms with van der Waals surface area (Å²) in [6, 6.07) is 9.27. The van der Waals surface area contributed by atoms with Crippen molar-refractivity contribution < 1.29 is 31.4 Å². The smallest absolute Gasteiger partial charge is 0.416 e. The number of methoxy groups -OCH3 is 1. The van der Waals surface area contributed by atoms with Crippen LogP contribution in [0.1, 0.15) is 62.1 Å². The van der Waals surface area contributed by atoms with E-state index in [4.69, 9.17) is 4.74 Å². The highest BCUT2D eigenvalue weighted by Crippen LogP contribution is 2.49. The van der Waals surface area contributed by atoms with E-state index in [2.05, 4.69) is 0 Å². The minimum atomic E-state index is -4.56. The molecule has 176 valence electrons. The standard InChI is InChI=1S/C24H29F3O4S/c1-4-6-12-23(5-2)15-32(29,30)20-11-10-18(31-3)14-19(20)21(22(23)28)16-8-7-9-17(13-16)24(25,26)27/h7-11,13-14,21-22,28H,4-6,12,15H2,1-3H3. The molecule has 3 unspecified atom stereocenters. The summed E-state index contributed by atoms with van der Waals surface area (Å²) >= 11 is 0. The molecule has 1 aliphatic rings. The van der Waals surface area contributed by atoms with Gasteiger partial charge in [0.2, 0.25) is 0 Å². The third kappa shape index (κ3) is 4.53. The van der Waals surface area contributed by atoms with Crippen molar-refractivity contribution in [3.63, 3.8) is 0 Å². The molecule has 0 saturated heterocycles. The molecule has 3 atom stereocenters. The van der Waals surface area contributed by atoms with Crippen molar-refractivity contribution in [1.29, 1.82) is 0 Å². The third-order valence-corrected chi connectivity index (χ3v) is 8.61. The second-order valence-electron chi connectivity index (χ2n) is 8.53. The van der Waals surface area contributed by atoms with Crippen LogP contribution in [0.2, 0.25) is 0 Å². The second kappa shape index (κ2) is 9.06. The van der Waals surface area contributed by atoms with E-state index in [0.29, 0.717) is 25.0 Å². The number of ether oxygens (including phenoxy) is 1. The predicted molar refractivity (Wildman–Crippen MR) is 117 cm³/mol. The maximum atomic E-state index is 13.5. The average Bonchev–Trinajstić information content (AvgIpc) is 2.82. The van der Waals surface area contributed by atoms with E-state index in [1.807, 2.05) is 13.8 Å². The highest BCUT2D eigenvalue weighted by atomic mass is 32.2. The Morgan fingerprint density at radius 3 is 2.47 bits per heavy atom. The van der Waals surface area contributed by atoms with Crippen molar-refractivity contribution in [2.75, 3.05) is 12.9 Å². The van der Waals surface area contributed by atoms with Gasteiger partial charge in [0.25, 0.3) is 0 Å². The van der Waals surface area contributed by atoms with E-state index >= 15 is 0 Å². The number of hydrogen-bond acceptors (Lipinski definition) is 4. The summed E-state index contributed by atoms with van der Waals surface area (Å²) in [5.74, 6) is -0.830. The molecule has 0 aliphatic carbocycles. The monoisotopic (exact) mass is 470 g/mol. The Bertz CT molecular complexity index is 1070. The molecule has 8 heteroatoms. The summed E-state index contributed by atoms with van der Waals surface area (Å²) in [6.45, 7) is 3.80. The first kappa shape index (κ1) is 24.6. The minimum Gasteiger partial charge on any atom is -0.497 e. The van der Waals surface area contributed by atoms with Crippen molar-refractivity contribution in [3.8, 4) is 5.75 Å². The fourth-order valence-electron chi connectivity index (χ4n) is 4.75. The van der Waals surface area contributed by atoms with E-state index in [9.17, 15) is 26.7 Å². The summed E-state index contributed by atoms with van der Waals surface area (Å²) in [5, 5.41) is 11.7. The summed E-state index contributed by atoms with van der Waals surface area (Å²) in [4.78, 5) is 0.0339. The van der Waals surface area contributed by atoms with Gasteiger partial charge in [0.1, 0.15) is 5.75 Å². The third-order valence-electron chi connectivity index (χ3n) is 6.61. The Morgan fingerprint density at radius 1 is 1.16 bits per heavy atom. The number of fused-ring (bicyclic) bond motifs is 1. The van der Waals surface area contributed by atoms with Crippen LogP contribution >= 0.6 is 0 Å². The number of rotatable bonds is 6. The molecule has 1 N–H and O–H groups in total. The zero-order valence-corrected chi connectivity index (χ0v) is 19.3. The average molecular weight is 471 g/mol. The quantitative estimate of drug-likeness (QED) is 0.599. The molecule has 0 saturated carbocycles. The molecule has 0 amide bonds. The molecule has 0 bridgehead atoms. The molecule has 1 aliphatic heterocycles. The first-order valence-corrected chi connectivity index (χ1v) is 12.4. The molecule has 1 heterocycles. The maximum Gasteiger partial charge on any atom is 0.416 e. The minimum absolute atomic E-state index is 0.0339. The zero-order valence-electron chi connectivity index (χ0n) is 18.4. The summed E-state index contributed by atoms with van der Waals surface area (Å²) < 4.78 is 72.5. The zero-order chi connectivity index (χ0) is 23.7. The highest BCUT2D eigenvalue weighted by molar-refractivity contribution is 7.91. The van der Waals surface area contributed by atoms with Crippen LogP contribution in [0.5, 0.6) is 5.75 Å². The number of aliphatic hydroxyl groups is 1. The number of sulfone groups is 1. The van der Waals surface area contributed by atoms with E-state index in [-0.39, 0.29) is 21.8 Å². The highest BCUT2D eigenvalue weighted by Gasteiger charge is 2.49. The van der Waals surface area contributed by atoms with Crippen LogP contribution in [0.4, 0.5) is 13.2 Å². The number of aliphatic hydroxyl groups excluding tert-OH is 1. The van der Waals surface area contributed by atoms with Gasteiger partial charge in [0.05, 0.1) is 29.4 Å². The van der Waals surface area contributed by atoms with E-state index < -0.39 is 39.0 Å². The van der Waals surface area contributed by atoms with Gasteiger partial charge in [0.15, 0.2) is 9.84 Å². The first-order valence-electron chi connectivity index (χ1n) is 10.7. The van der Waals surface area contributed by atoms with E-state index in [1.54, 1.807) is 0 Å². The number of halogens is 3. The molecular formula is C24H29F3O4S. The van der Waals surface area contributed by atoms with Crippen molar-refractivity contribution in [1.82, 2.24) is 0 Å². The van der Waals surface area contributed by atoms with E-state index in [1.165, 1.54) is 37.4 Å². The SMILES string of the molecule is CCCCC1(CC)CS(=O)(=O)c2ccc(OC)cc2C(c2cccc(C(F)(F)F)c2)C1O. The van der Waals surface area contributed by atoms with Crippen LogP contribution < -0.4 is 4.74 Å². The lowest BCUT2D eigenvalue weighted by molar-refractivity contribution is -0.137. The van der Waals surface area contributed by atoms with E-state index in [0.717, 1.165) is 18.6 Å². The molecule has 2 aromatic carbocycles. The number of hydrogen-bond donors (Lipinski definition) is 1. The Kier molecular flexibility index (Phi) is 6.96. The molecule has 0 aromatic heterocycles. The number of alkyl halides is 3. The molecule has 3 rings (SSSR count). The molecule has 0 radical (unpaired) electrons. The maximum absolute atomic E-state index is 13.5. The van der Waals surface area contributed by atoms with Gasteiger partial charge in [0, 0.05) is 11.3 Å². The Hall–Kier alpha value is -2.06. The van der Waals surface area contributed by atoms with Crippen LogP contribution in [-0.4, -0.2) is 32.5 Å². The summed E-state index contributed by atoms with van der Waals surface area (Å²) in [7, 11) is -2.37. The normalized spacial score (nSPS) is 25.1. The molecule has 2 aromatic rings. The topological polar surface area (TPSA) is 63.6 Å². The molecular weight excluding hydrogens is 441 g/mol. The summed E-state index contributed by atoms with van der Waals surface area (Å²) in [5.41, 5.74) is -1.33. The molecule has 0 fully saturated rings. The molecule has 32 heavy (non-hydrogen) atoms. The predicted octanol–water partition coefficient (Wildman–Crippen LogP) is 5.58. The van der Waals surface area contributed by atoms with Crippen LogP contribution in [0, 0.1) is 5.41 Å². The number of unbranched alkanes of at least 4 members (excludes halogenated alkanes) is 1. The Balaban J connectivity index is 2.32. The lowest BCUT2D eigenvalue weighted by Crippen LogP contribution is -2.42. The van der Waals surface area contributed by atoms with Crippen molar-refractivity contribution in [3.05, 3.63) is 59.2 Å². The van der Waals surface area contributed by atoms with Crippen LogP contribution in [-0.2, 0) is 16.0 Å². The van der Waals surface area contributed by atoms with Crippen molar-refractivity contribution in [2.45, 2.75) is 62.6 Å². The number of benzene rings is 2. The van der Waals surface area contributed by atoms with Crippen molar-refractivity contribution in [2.24, 2.45) is 5.41 Å². The second-order valence-corrected chi connectivity index (χ2v) is 10.5. The fourth-order valence-corrected chi connectivity index (χ4v) is 7.00. The lowest BCUT2D eigenvalue weighted by Gasteiger charge is -2.39. The van der Waals surface area contributed by atoms with Crippen molar-refractivity contribution >= 4 is 9.84 Å².